The maximum atomic E-state index is 12.2. The van der Waals surface area contributed by atoms with E-state index in [-0.39, 0.29) is 6.03 Å². The molecule has 0 saturated heterocycles. The molecule has 5 heteroatoms. The van der Waals surface area contributed by atoms with E-state index >= 15 is 0 Å². The summed E-state index contributed by atoms with van der Waals surface area (Å²) in [6, 6.07) is 8.69. The molecule has 0 heterocycles. The highest BCUT2D eigenvalue weighted by molar-refractivity contribution is 7.98. The van der Waals surface area contributed by atoms with Crippen LogP contribution in [0.2, 0.25) is 0 Å². The van der Waals surface area contributed by atoms with Gasteiger partial charge in [0.1, 0.15) is 0 Å². The average Bonchev–Trinajstić information content (AvgIpc) is 2.50. The van der Waals surface area contributed by atoms with Crippen molar-refractivity contribution in [1.82, 2.24) is 15.1 Å². The summed E-state index contributed by atoms with van der Waals surface area (Å²) in [6.07, 6.45) is 4.27. The highest BCUT2D eigenvalue weighted by Gasteiger charge is 2.14. The van der Waals surface area contributed by atoms with Crippen LogP contribution in [0.25, 0.3) is 0 Å². The van der Waals surface area contributed by atoms with Crippen molar-refractivity contribution < 1.29 is 4.79 Å². The molecule has 22 heavy (non-hydrogen) atoms. The molecule has 0 aliphatic heterocycles. The molecule has 0 aliphatic carbocycles. The van der Waals surface area contributed by atoms with E-state index in [9.17, 15) is 4.79 Å². The van der Waals surface area contributed by atoms with E-state index < -0.39 is 0 Å². The fraction of sp³-hybridized carbons (Fsp3) is 0.588. The molecule has 1 atom stereocenters. The highest BCUT2D eigenvalue weighted by atomic mass is 32.2. The molecule has 124 valence electrons. The molecule has 4 nitrogen and oxygen atoms in total. The summed E-state index contributed by atoms with van der Waals surface area (Å²) in [4.78, 5) is 17.4. The number of amides is 2. The zero-order valence-corrected chi connectivity index (χ0v) is 15.2. The van der Waals surface area contributed by atoms with Crippen LogP contribution in [0.3, 0.4) is 0 Å². The summed E-state index contributed by atoms with van der Waals surface area (Å²) in [7, 11) is 5.96. The first-order valence-electron chi connectivity index (χ1n) is 7.76. The lowest BCUT2D eigenvalue weighted by atomic mass is 10.1. The quantitative estimate of drug-likeness (QED) is 0.746. The Morgan fingerprint density at radius 2 is 2.05 bits per heavy atom. The zero-order chi connectivity index (χ0) is 16.5. The normalized spacial score (nSPS) is 12.3. The van der Waals surface area contributed by atoms with Crippen molar-refractivity contribution in [3.8, 4) is 0 Å². The molecule has 1 aromatic rings. The number of benzene rings is 1. The summed E-state index contributed by atoms with van der Waals surface area (Å²) < 4.78 is 0. The van der Waals surface area contributed by atoms with Gasteiger partial charge in [-0.3, -0.25) is 0 Å². The van der Waals surface area contributed by atoms with Crippen molar-refractivity contribution >= 4 is 17.8 Å². The number of hydrogen-bond acceptors (Lipinski definition) is 3. The van der Waals surface area contributed by atoms with Crippen LogP contribution in [-0.2, 0) is 6.54 Å². The average molecular weight is 324 g/mol. The van der Waals surface area contributed by atoms with Crippen LogP contribution < -0.4 is 5.32 Å². The number of hydrogen-bond donors (Lipinski definition) is 1. The van der Waals surface area contributed by atoms with Crippen molar-refractivity contribution in [3.63, 3.8) is 0 Å². The molecule has 0 saturated carbocycles. The molecule has 0 fully saturated rings. The van der Waals surface area contributed by atoms with Crippen LogP contribution in [0.4, 0.5) is 4.79 Å². The van der Waals surface area contributed by atoms with Crippen LogP contribution in [0.15, 0.2) is 29.2 Å². The predicted molar refractivity (Wildman–Crippen MR) is 95.5 cm³/mol. The fourth-order valence-corrected chi connectivity index (χ4v) is 2.82. The third-order valence-corrected chi connectivity index (χ3v) is 4.47. The lowest BCUT2D eigenvalue weighted by molar-refractivity contribution is 0.199. The number of rotatable bonds is 8. The van der Waals surface area contributed by atoms with Crippen LogP contribution in [0.5, 0.6) is 0 Å². The van der Waals surface area contributed by atoms with Crippen LogP contribution in [0, 0.1) is 0 Å². The molecule has 1 N–H and O–H groups in total. The molecule has 0 aromatic heterocycles. The van der Waals surface area contributed by atoms with Gasteiger partial charge < -0.3 is 15.1 Å². The maximum absolute atomic E-state index is 12.2. The Morgan fingerprint density at radius 3 is 2.64 bits per heavy atom. The monoisotopic (exact) mass is 323 g/mol. The van der Waals surface area contributed by atoms with E-state index in [1.54, 1.807) is 16.7 Å². The molecule has 0 aliphatic rings. The third kappa shape index (κ3) is 6.28. The first kappa shape index (κ1) is 18.8. The van der Waals surface area contributed by atoms with Gasteiger partial charge >= 0.3 is 6.03 Å². The Labute approximate surface area is 139 Å². The first-order valence-corrected chi connectivity index (χ1v) is 8.98. The second kappa shape index (κ2) is 9.74. The van der Waals surface area contributed by atoms with Crippen molar-refractivity contribution in [2.45, 2.75) is 37.2 Å². The zero-order valence-electron chi connectivity index (χ0n) is 14.4. The summed E-state index contributed by atoms with van der Waals surface area (Å²) >= 11 is 1.72. The molecule has 0 spiro atoms. The van der Waals surface area contributed by atoms with Gasteiger partial charge in [-0.15, -0.1) is 11.8 Å². The standard InChI is InChI=1S/C17H29N3OS/c1-6-8-15(19(2)3)12-18-17(21)20(4)13-14-9-7-10-16(11-14)22-5/h7,9-11,15H,6,8,12-13H2,1-5H3,(H,18,21)/t15-/m0/s1. The predicted octanol–water partition coefficient (Wildman–Crippen LogP) is 3.28. The van der Waals surface area contributed by atoms with Gasteiger partial charge in [0, 0.05) is 31.1 Å². The minimum Gasteiger partial charge on any atom is -0.336 e. The second-order valence-corrected chi connectivity index (χ2v) is 6.68. The summed E-state index contributed by atoms with van der Waals surface area (Å²) in [5.41, 5.74) is 1.15. The lowest BCUT2D eigenvalue weighted by Crippen LogP contribution is -2.44. The lowest BCUT2D eigenvalue weighted by Gasteiger charge is -2.26. The van der Waals surface area contributed by atoms with Crippen molar-refractivity contribution in [1.29, 1.82) is 0 Å². The van der Waals surface area contributed by atoms with Gasteiger partial charge in [-0.1, -0.05) is 25.5 Å². The van der Waals surface area contributed by atoms with Crippen LogP contribution in [0.1, 0.15) is 25.3 Å². The van der Waals surface area contributed by atoms with E-state index in [0.717, 1.165) is 18.4 Å². The van der Waals surface area contributed by atoms with Crippen molar-refractivity contribution in [3.05, 3.63) is 29.8 Å². The number of carbonyl (C=O) groups excluding carboxylic acids is 1. The number of nitrogens with one attached hydrogen (secondary N) is 1. The Morgan fingerprint density at radius 1 is 1.32 bits per heavy atom. The van der Waals surface area contributed by atoms with Gasteiger partial charge in [-0.25, -0.2) is 4.79 Å². The number of likely N-dealkylation sites (N-methyl/N-ethyl adjacent to an activating group) is 1. The topological polar surface area (TPSA) is 35.6 Å². The Kier molecular flexibility index (Phi) is 8.35. The summed E-state index contributed by atoms with van der Waals surface area (Å²) in [6.45, 7) is 3.48. The Balaban J connectivity index is 2.50. The third-order valence-electron chi connectivity index (χ3n) is 3.74. The number of urea groups is 1. The van der Waals surface area contributed by atoms with Gasteiger partial charge in [0.25, 0.3) is 0 Å². The molecule has 2 amide bonds. The molecule has 1 aromatic carbocycles. The maximum Gasteiger partial charge on any atom is 0.317 e. The minimum absolute atomic E-state index is 0.0162. The summed E-state index contributed by atoms with van der Waals surface area (Å²) in [5, 5.41) is 3.04. The van der Waals surface area contributed by atoms with Gasteiger partial charge in [-0.05, 0) is 44.5 Å². The smallest absolute Gasteiger partial charge is 0.317 e. The van der Waals surface area contributed by atoms with Crippen LogP contribution in [-0.4, -0.2) is 55.8 Å². The minimum atomic E-state index is -0.0162. The first-order chi connectivity index (χ1) is 10.5. The number of thioether (sulfide) groups is 1. The second-order valence-electron chi connectivity index (χ2n) is 5.80. The molecular weight excluding hydrogens is 294 g/mol. The molecule has 0 bridgehead atoms. The Bertz CT molecular complexity index is 465. The van der Waals surface area contributed by atoms with E-state index in [0.29, 0.717) is 19.1 Å². The largest absolute Gasteiger partial charge is 0.336 e. The van der Waals surface area contributed by atoms with Gasteiger partial charge in [-0.2, -0.15) is 0 Å². The molecule has 1 rings (SSSR count). The van der Waals surface area contributed by atoms with Crippen molar-refractivity contribution in [2.24, 2.45) is 0 Å². The van der Waals surface area contributed by atoms with E-state index in [1.807, 2.05) is 13.1 Å². The van der Waals surface area contributed by atoms with Crippen LogP contribution >= 0.6 is 11.8 Å². The molecular formula is C17H29N3OS. The molecule has 0 radical (unpaired) electrons. The van der Waals surface area contributed by atoms with Crippen molar-refractivity contribution in [2.75, 3.05) is 33.9 Å². The van der Waals surface area contributed by atoms with Gasteiger partial charge in [0.2, 0.25) is 0 Å². The van der Waals surface area contributed by atoms with Gasteiger partial charge in [0.15, 0.2) is 0 Å². The fourth-order valence-electron chi connectivity index (χ4n) is 2.33. The Hall–Kier alpha value is -1.20. The SMILES string of the molecule is CCC[C@@H](CNC(=O)N(C)Cc1cccc(SC)c1)N(C)C. The van der Waals surface area contributed by atoms with E-state index in [1.165, 1.54) is 4.90 Å². The highest BCUT2D eigenvalue weighted by Crippen LogP contribution is 2.16. The van der Waals surface area contributed by atoms with Gasteiger partial charge in [0.05, 0.1) is 0 Å². The number of nitrogens with zero attached hydrogens (tertiary/aromatic N) is 2. The molecule has 0 unspecified atom stereocenters. The van der Waals surface area contributed by atoms with E-state index in [2.05, 4.69) is 55.7 Å². The van der Waals surface area contributed by atoms with E-state index in [4.69, 9.17) is 0 Å². The number of carbonyl (C=O) groups is 1. The summed E-state index contributed by atoms with van der Waals surface area (Å²) in [5.74, 6) is 0.